The first-order valence-corrected chi connectivity index (χ1v) is 5.66. The highest BCUT2D eigenvalue weighted by Crippen LogP contribution is 2.35. The minimum Gasteiger partial charge on any atom is -0.493 e. The Balaban J connectivity index is 2.58. The first-order chi connectivity index (χ1) is 8.71. The molecule has 0 radical (unpaired) electrons. The molecule has 3 N–H and O–H groups in total. The van der Waals surface area contributed by atoms with E-state index in [2.05, 4.69) is 10.2 Å². The molecule has 0 unspecified atom stereocenters. The maximum absolute atomic E-state index is 5.69. The van der Waals surface area contributed by atoms with E-state index < -0.39 is 0 Å². The van der Waals surface area contributed by atoms with Crippen LogP contribution in [0, 0.1) is 6.92 Å². The van der Waals surface area contributed by atoms with Gasteiger partial charge in [-0.3, -0.25) is 5.10 Å². The maximum Gasteiger partial charge on any atom is 0.161 e. The van der Waals surface area contributed by atoms with Gasteiger partial charge in [-0.2, -0.15) is 5.10 Å². The Labute approximate surface area is 106 Å². The molecule has 0 aliphatic rings. The van der Waals surface area contributed by atoms with Crippen LogP contribution in [-0.4, -0.2) is 24.4 Å². The van der Waals surface area contributed by atoms with Crippen molar-refractivity contribution in [2.24, 2.45) is 5.73 Å². The van der Waals surface area contributed by atoms with Crippen molar-refractivity contribution in [3.05, 3.63) is 29.5 Å². The zero-order valence-corrected chi connectivity index (χ0v) is 10.8. The minimum absolute atomic E-state index is 0.444. The lowest BCUT2D eigenvalue weighted by Gasteiger charge is -2.12. The molecule has 2 aromatic rings. The van der Waals surface area contributed by atoms with Gasteiger partial charge in [0.05, 0.1) is 26.1 Å². The number of nitrogens with one attached hydrogen (secondary N) is 1. The van der Waals surface area contributed by atoms with Crippen molar-refractivity contribution in [2.45, 2.75) is 13.5 Å². The fourth-order valence-electron chi connectivity index (χ4n) is 1.95. The first-order valence-electron chi connectivity index (χ1n) is 5.66. The summed E-state index contributed by atoms with van der Waals surface area (Å²) in [4.78, 5) is 0. The predicted octanol–water partition coefficient (Wildman–Crippen LogP) is 1.86. The molecule has 0 aliphatic carbocycles. The Morgan fingerprint density at radius 3 is 2.50 bits per heavy atom. The fraction of sp³-hybridized carbons (Fsp3) is 0.308. The molecular formula is C13H17N3O2. The molecule has 0 spiro atoms. The lowest BCUT2D eigenvalue weighted by molar-refractivity contribution is 0.355. The number of aryl methyl sites for hydroxylation is 1. The van der Waals surface area contributed by atoms with Gasteiger partial charge >= 0.3 is 0 Å². The van der Waals surface area contributed by atoms with Gasteiger partial charge in [0.2, 0.25) is 0 Å². The summed E-state index contributed by atoms with van der Waals surface area (Å²) in [5.74, 6) is 1.41. The molecule has 0 fully saturated rings. The van der Waals surface area contributed by atoms with Crippen molar-refractivity contribution in [2.75, 3.05) is 14.2 Å². The third-order valence-corrected chi connectivity index (χ3v) is 2.94. The smallest absolute Gasteiger partial charge is 0.161 e. The molecule has 1 aromatic heterocycles. The quantitative estimate of drug-likeness (QED) is 0.865. The molecule has 1 heterocycles. The Hall–Kier alpha value is -2.01. The van der Waals surface area contributed by atoms with Crippen molar-refractivity contribution in [3.8, 4) is 22.8 Å². The van der Waals surface area contributed by atoms with Crippen molar-refractivity contribution < 1.29 is 9.47 Å². The zero-order valence-electron chi connectivity index (χ0n) is 10.8. The van der Waals surface area contributed by atoms with Gasteiger partial charge < -0.3 is 15.2 Å². The molecule has 96 valence electrons. The number of hydrogen-bond donors (Lipinski definition) is 2. The number of nitrogens with zero attached hydrogens (tertiary/aromatic N) is 1. The Morgan fingerprint density at radius 1 is 1.22 bits per heavy atom. The van der Waals surface area contributed by atoms with E-state index in [9.17, 15) is 0 Å². The van der Waals surface area contributed by atoms with Gasteiger partial charge in [0, 0.05) is 17.7 Å². The number of nitrogens with two attached hydrogens (primary N) is 1. The molecule has 5 heteroatoms. The topological polar surface area (TPSA) is 73.2 Å². The molecule has 0 saturated carbocycles. The van der Waals surface area contributed by atoms with Crippen LogP contribution in [0.3, 0.4) is 0 Å². The summed E-state index contributed by atoms with van der Waals surface area (Å²) in [6.45, 7) is 2.46. The maximum atomic E-state index is 5.69. The van der Waals surface area contributed by atoms with Crippen LogP contribution in [-0.2, 0) is 6.54 Å². The second kappa shape index (κ2) is 5.10. The molecule has 0 amide bonds. The van der Waals surface area contributed by atoms with Crippen LogP contribution in [0.1, 0.15) is 11.1 Å². The zero-order chi connectivity index (χ0) is 13.1. The van der Waals surface area contributed by atoms with Crippen LogP contribution < -0.4 is 15.2 Å². The van der Waals surface area contributed by atoms with Gasteiger partial charge in [-0.25, -0.2) is 0 Å². The number of rotatable bonds is 4. The Morgan fingerprint density at radius 2 is 1.89 bits per heavy atom. The van der Waals surface area contributed by atoms with Crippen LogP contribution in [0.4, 0.5) is 0 Å². The molecule has 5 nitrogen and oxygen atoms in total. The van der Waals surface area contributed by atoms with Crippen molar-refractivity contribution in [1.29, 1.82) is 0 Å². The number of aromatic amines is 1. The van der Waals surface area contributed by atoms with Crippen LogP contribution in [0.5, 0.6) is 11.5 Å². The summed E-state index contributed by atoms with van der Waals surface area (Å²) >= 11 is 0. The first kappa shape index (κ1) is 12.4. The van der Waals surface area contributed by atoms with Gasteiger partial charge in [-0.15, -0.1) is 0 Å². The van der Waals surface area contributed by atoms with Crippen LogP contribution in [0.25, 0.3) is 11.3 Å². The van der Waals surface area contributed by atoms with Gasteiger partial charge in [0.1, 0.15) is 0 Å². The average molecular weight is 247 g/mol. The normalized spacial score (nSPS) is 10.4. The lowest BCUT2D eigenvalue weighted by Crippen LogP contribution is -1.99. The third-order valence-electron chi connectivity index (χ3n) is 2.94. The van der Waals surface area contributed by atoms with E-state index in [0.29, 0.717) is 18.0 Å². The molecular weight excluding hydrogens is 230 g/mol. The van der Waals surface area contributed by atoms with Gasteiger partial charge in [-0.1, -0.05) is 0 Å². The molecule has 1 aromatic carbocycles. The Kier molecular flexibility index (Phi) is 3.53. The highest BCUT2D eigenvalue weighted by molar-refractivity contribution is 5.70. The van der Waals surface area contributed by atoms with Crippen LogP contribution in [0.15, 0.2) is 18.3 Å². The van der Waals surface area contributed by atoms with Crippen LogP contribution >= 0.6 is 0 Å². The lowest BCUT2D eigenvalue weighted by atomic mass is 10.0. The largest absolute Gasteiger partial charge is 0.493 e. The summed E-state index contributed by atoms with van der Waals surface area (Å²) in [5, 5.41) is 7.01. The second-order valence-electron chi connectivity index (χ2n) is 4.00. The van der Waals surface area contributed by atoms with Crippen molar-refractivity contribution in [1.82, 2.24) is 10.2 Å². The molecule has 18 heavy (non-hydrogen) atoms. The number of methoxy groups -OCH3 is 2. The van der Waals surface area contributed by atoms with Crippen molar-refractivity contribution >= 4 is 0 Å². The van der Waals surface area contributed by atoms with E-state index in [1.165, 1.54) is 0 Å². The number of ether oxygens (including phenoxy) is 2. The molecule has 2 rings (SSSR count). The van der Waals surface area contributed by atoms with E-state index in [-0.39, 0.29) is 0 Å². The number of hydrogen-bond acceptors (Lipinski definition) is 4. The van der Waals surface area contributed by atoms with Crippen molar-refractivity contribution in [3.63, 3.8) is 0 Å². The number of benzene rings is 1. The SMILES string of the molecule is COc1cc(C)c(-c2[nH]ncc2CN)cc1OC. The number of H-pyrrole nitrogens is 1. The highest BCUT2D eigenvalue weighted by Gasteiger charge is 2.13. The molecule has 0 atom stereocenters. The molecule has 0 bridgehead atoms. The van der Waals surface area contributed by atoms with E-state index in [1.54, 1.807) is 20.4 Å². The summed E-state index contributed by atoms with van der Waals surface area (Å²) in [7, 11) is 3.24. The van der Waals surface area contributed by atoms with E-state index in [1.807, 2.05) is 19.1 Å². The molecule has 0 saturated heterocycles. The van der Waals surface area contributed by atoms with Gasteiger partial charge in [0.25, 0.3) is 0 Å². The molecule has 0 aliphatic heterocycles. The minimum atomic E-state index is 0.444. The third kappa shape index (κ3) is 2.04. The second-order valence-corrected chi connectivity index (χ2v) is 4.00. The van der Waals surface area contributed by atoms with E-state index in [4.69, 9.17) is 15.2 Å². The van der Waals surface area contributed by atoms with Gasteiger partial charge in [-0.05, 0) is 24.6 Å². The predicted molar refractivity (Wildman–Crippen MR) is 69.8 cm³/mol. The Bertz CT molecular complexity index is 549. The highest BCUT2D eigenvalue weighted by atomic mass is 16.5. The number of aromatic nitrogens is 2. The monoisotopic (exact) mass is 247 g/mol. The summed E-state index contributed by atoms with van der Waals surface area (Å²) in [5.41, 5.74) is 9.69. The standard InChI is InChI=1S/C13H17N3O2/c1-8-4-11(17-2)12(18-3)5-10(8)13-9(6-14)7-15-16-13/h4-5,7H,6,14H2,1-3H3,(H,15,16). The van der Waals surface area contributed by atoms with E-state index >= 15 is 0 Å². The van der Waals surface area contributed by atoms with Gasteiger partial charge in [0.15, 0.2) is 11.5 Å². The summed E-state index contributed by atoms with van der Waals surface area (Å²) in [6.07, 6.45) is 1.74. The summed E-state index contributed by atoms with van der Waals surface area (Å²) < 4.78 is 10.6. The van der Waals surface area contributed by atoms with E-state index in [0.717, 1.165) is 22.4 Å². The average Bonchev–Trinajstić information content (AvgIpc) is 2.86. The van der Waals surface area contributed by atoms with Crippen LogP contribution in [0.2, 0.25) is 0 Å². The summed E-state index contributed by atoms with van der Waals surface area (Å²) in [6, 6.07) is 3.87. The fourth-order valence-corrected chi connectivity index (χ4v) is 1.95.